The summed E-state index contributed by atoms with van der Waals surface area (Å²) in [6.45, 7) is 1.76. The molecule has 0 spiro atoms. The third-order valence-corrected chi connectivity index (χ3v) is 4.05. The fourth-order valence-electron chi connectivity index (χ4n) is 2.73. The van der Waals surface area contributed by atoms with E-state index in [0.29, 0.717) is 28.9 Å². The van der Waals surface area contributed by atoms with Gasteiger partial charge in [0.15, 0.2) is 0 Å². The number of amides is 1. The van der Waals surface area contributed by atoms with E-state index in [1.54, 1.807) is 38.2 Å². The number of nitrogens with zero attached hydrogens (tertiary/aromatic N) is 2. The summed E-state index contributed by atoms with van der Waals surface area (Å²) in [5, 5.41) is 12.2. The van der Waals surface area contributed by atoms with Crippen LogP contribution in [-0.2, 0) is 11.0 Å². The summed E-state index contributed by atoms with van der Waals surface area (Å²) >= 11 is 0. The zero-order chi connectivity index (χ0) is 19.6. The highest BCUT2D eigenvalue weighted by atomic mass is 19.4. The van der Waals surface area contributed by atoms with Crippen LogP contribution in [0.25, 0.3) is 22.6 Å². The Kier molecular flexibility index (Phi) is 4.85. The summed E-state index contributed by atoms with van der Waals surface area (Å²) in [4.78, 5) is 10.7. The SMILES string of the molecule is CNc1cc(-c2cccc(-c3nnc(C(F)(F)F)o3)c2C)ccc1NC=O. The number of benzene rings is 2. The minimum Gasteiger partial charge on any atom is -0.413 e. The lowest BCUT2D eigenvalue weighted by atomic mass is 9.95. The van der Waals surface area contributed by atoms with E-state index in [1.807, 2.05) is 12.1 Å². The van der Waals surface area contributed by atoms with Gasteiger partial charge < -0.3 is 15.1 Å². The van der Waals surface area contributed by atoms with Crippen molar-refractivity contribution >= 4 is 17.8 Å². The molecule has 0 bridgehead atoms. The van der Waals surface area contributed by atoms with Crippen LogP contribution in [0, 0.1) is 6.92 Å². The molecule has 2 aromatic carbocycles. The molecule has 0 aliphatic carbocycles. The Morgan fingerprint density at radius 1 is 1.07 bits per heavy atom. The third-order valence-electron chi connectivity index (χ3n) is 4.05. The second-order valence-corrected chi connectivity index (χ2v) is 5.66. The van der Waals surface area contributed by atoms with E-state index in [9.17, 15) is 18.0 Å². The number of anilines is 2. The Labute approximate surface area is 152 Å². The molecule has 0 unspecified atom stereocenters. The van der Waals surface area contributed by atoms with Gasteiger partial charge in [0.1, 0.15) is 0 Å². The van der Waals surface area contributed by atoms with Gasteiger partial charge >= 0.3 is 12.1 Å². The summed E-state index contributed by atoms with van der Waals surface area (Å²) in [5.74, 6) is -1.58. The van der Waals surface area contributed by atoms with Crippen molar-refractivity contribution in [1.29, 1.82) is 0 Å². The summed E-state index contributed by atoms with van der Waals surface area (Å²) in [6, 6.07) is 10.5. The van der Waals surface area contributed by atoms with Gasteiger partial charge in [-0.3, -0.25) is 4.79 Å². The van der Waals surface area contributed by atoms with E-state index < -0.39 is 12.1 Å². The van der Waals surface area contributed by atoms with Gasteiger partial charge in [0.2, 0.25) is 12.3 Å². The molecular weight excluding hydrogens is 361 g/mol. The Bertz CT molecular complexity index is 983. The zero-order valence-electron chi connectivity index (χ0n) is 14.4. The normalized spacial score (nSPS) is 11.3. The predicted molar refractivity (Wildman–Crippen MR) is 94.1 cm³/mol. The summed E-state index contributed by atoms with van der Waals surface area (Å²) in [7, 11) is 1.72. The van der Waals surface area contributed by atoms with Crippen molar-refractivity contribution in [3.05, 3.63) is 47.9 Å². The first-order valence-corrected chi connectivity index (χ1v) is 7.88. The molecule has 3 aromatic rings. The fraction of sp³-hybridized carbons (Fsp3) is 0.167. The lowest BCUT2D eigenvalue weighted by Crippen LogP contribution is -2.04. The summed E-state index contributed by atoms with van der Waals surface area (Å²) in [6.07, 6.45) is -4.12. The Morgan fingerprint density at radius 2 is 1.81 bits per heavy atom. The Balaban J connectivity index is 2.05. The first-order chi connectivity index (χ1) is 12.8. The number of halogens is 3. The summed E-state index contributed by atoms with van der Waals surface area (Å²) in [5.41, 5.74) is 4.00. The van der Waals surface area contributed by atoms with E-state index in [0.717, 1.165) is 11.1 Å². The summed E-state index contributed by atoms with van der Waals surface area (Å²) < 4.78 is 42.9. The van der Waals surface area contributed by atoms with Crippen LogP contribution >= 0.6 is 0 Å². The van der Waals surface area contributed by atoms with Crippen molar-refractivity contribution in [3.8, 4) is 22.6 Å². The van der Waals surface area contributed by atoms with Crippen LogP contribution < -0.4 is 10.6 Å². The molecule has 0 saturated heterocycles. The standard InChI is InChI=1S/C18H15F3N4O2/c1-10-12(11-6-7-14(23-9-26)15(8-11)22-2)4-3-5-13(10)16-24-25-17(27-16)18(19,20)21/h3-9,22H,1-2H3,(H,23,26). The minimum absolute atomic E-state index is 0.199. The molecule has 3 rings (SSSR count). The van der Waals surface area contributed by atoms with Gasteiger partial charge in [0.05, 0.1) is 11.4 Å². The molecule has 1 heterocycles. The first-order valence-electron chi connectivity index (χ1n) is 7.88. The van der Waals surface area contributed by atoms with E-state index in [2.05, 4.69) is 20.8 Å². The van der Waals surface area contributed by atoms with Crippen LogP contribution in [0.5, 0.6) is 0 Å². The molecule has 0 saturated carbocycles. The van der Waals surface area contributed by atoms with Gasteiger partial charge in [-0.1, -0.05) is 18.2 Å². The van der Waals surface area contributed by atoms with E-state index in [1.165, 1.54) is 0 Å². The molecule has 1 amide bonds. The molecule has 140 valence electrons. The van der Waals surface area contributed by atoms with Gasteiger partial charge in [0, 0.05) is 12.6 Å². The quantitative estimate of drug-likeness (QED) is 0.648. The van der Waals surface area contributed by atoms with E-state index in [-0.39, 0.29) is 5.89 Å². The van der Waals surface area contributed by atoms with Crippen molar-refractivity contribution in [2.75, 3.05) is 17.7 Å². The number of carbonyl (C=O) groups excluding carboxylic acids is 1. The molecule has 1 aromatic heterocycles. The third kappa shape index (κ3) is 3.62. The van der Waals surface area contributed by atoms with Crippen molar-refractivity contribution in [3.63, 3.8) is 0 Å². The topological polar surface area (TPSA) is 80.1 Å². The van der Waals surface area contributed by atoms with Crippen molar-refractivity contribution in [2.45, 2.75) is 13.1 Å². The molecule has 0 atom stereocenters. The van der Waals surface area contributed by atoms with Crippen molar-refractivity contribution < 1.29 is 22.4 Å². The molecule has 6 nitrogen and oxygen atoms in total. The van der Waals surface area contributed by atoms with Crippen LogP contribution in [0.2, 0.25) is 0 Å². The second kappa shape index (κ2) is 7.10. The van der Waals surface area contributed by atoms with Gasteiger partial charge in [-0.25, -0.2) is 0 Å². The van der Waals surface area contributed by atoms with Gasteiger partial charge in [-0.05, 0) is 41.8 Å². The van der Waals surface area contributed by atoms with Gasteiger partial charge in [-0.2, -0.15) is 13.2 Å². The zero-order valence-corrected chi connectivity index (χ0v) is 14.4. The van der Waals surface area contributed by atoms with Gasteiger partial charge in [0.25, 0.3) is 0 Å². The fourth-order valence-corrected chi connectivity index (χ4v) is 2.73. The Hall–Kier alpha value is -3.36. The molecule has 2 N–H and O–H groups in total. The molecule has 0 fully saturated rings. The van der Waals surface area contributed by atoms with Crippen molar-refractivity contribution in [1.82, 2.24) is 10.2 Å². The predicted octanol–water partition coefficient (Wildman–Crippen LogP) is 4.34. The number of carbonyl (C=O) groups is 1. The maximum atomic E-state index is 12.7. The van der Waals surface area contributed by atoms with E-state index >= 15 is 0 Å². The van der Waals surface area contributed by atoms with Crippen LogP contribution in [0.3, 0.4) is 0 Å². The largest absolute Gasteiger partial charge is 0.470 e. The number of hydrogen-bond donors (Lipinski definition) is 2. The monoisotopic (exact) mass is 376 g/mol. The van der Waals surface area contributed by atoms with Crippen molar-refractivity contribution in [2.24, 2.45) is 0 Å². The molecule has 0 aliphatic rings. The maximum absolute atomic E-state index is 12.7. The van der Waals surface area contributed by atoms with E-state index in [4.69, 9.17) is 4.42 Å². The van der Waals surface area contributed by atoms with Crippen LogP contribution in [0.15, 0.2) is 40.8 Å². The van der Waals surface area contributed by atoms with Crippen LogP contribution in [0.4, 0.5) is 24.5 Å². The molecule has 27 heavy (non-hydrogen) atoms. The minimum atomic E-state index is -4.69. The molecule has 0 radical (unpaired) electrons. The number of aromatic nitrogens is 2. The van der Waals surface area contributed by atoms with Crippen LogP contribution in [-0.4, -0.2) is 23.7 Å². The average molecular weight is 376 g/mol. The number of hydrogen-bond acceptors (Lipinski definition) is 5. The lowest BCUT2D eigenvalue weighted by Gasteiger charge is -2.13. The highest BCUT2D eigenvalue weighted by Crippen LogP contribution is 2.36. The smallest absolute Gasteiger partial charge is 0.413 e. The number of nitrogens with one attached hydrogen (secondary N) is 2. The molecule has 9 heteroatoms. The number of rotatable bonds is 5. The average Bonchev–Trinajstić information content (AvgIpc) is 3.13. The number of alkyl halides is 3. The highest BCUT2D eigenvalue weighted by Gasteiger charge is 2.38. The van der Waals surface area contributed by atoms with Gasteiger partial charge in [-0.15, -0.1) is 10.2 Å². The van der Waals surface area contributed by atoms with Crippen LogP contribution in [0.1, 0.15) is 11.5 Å². The Morgan fingerprint density at radius 3 is 2.44 bits per heavy atom. The molecule has 0 aliphatic heterocycles. The molecular formula is C18H15F3N4O2. The lowest BCUT2D eigenvalue weighted by molar-refractivity contribution is -0.156. The highest BCUT2D eigenvalue weighted by molar-refractivity contribution is 5.85. The maximum Gasteiger partial charge on any atom is 0.470 e. The first kappa shape index (κ1) is 18.4. The second-order valence-electron chi connectivity index (χ2n) is 5.66.